The molecule has 1 saturated heterocycles. The predicted octanol–water partition coefficient (Wildman–Crippen LogP) is 5.43. The highest BCUT2D eigenvalue weighted by Crippen LogP contribution is 2.45. The maximum absolute atomic E-state index is 13.6. The second-order valence-electron chi connectivity index (χ2n) is 9.42. The quantitative estimate of drug-likeness (QED) is 0.137. The van der Waals surface area contributed by atoms with Gasteiger partial charge in [0, 0.05) is 5.56 Å². The number of methoxy groups -OCH3 is 1. The van der Waals surface area contributed by atoms with Gasteiger partial charge >= 0.3 is 11.9 Å². The number of anilines is 1. The van der Waals surface area contributed by atoms with E-state index in [0.29, 0.717) is 47.5 Å². The molecule has 0 spiro atoms. The number of carbonyl (C=O) groups excluding carboxylic acids is 3. The number of aliphatic hydroxyl groups excluding tert-OH is 1. The highest BCUT2D eigenvalue weighted by molar-refractivity contribution is 7.17. The molecule has 11 heteroatoms. The van der Waals surface area contributed by atoms with Crippen molar-refractivity contribution in [2.75, 3.05) is 25.2 Å². The van der Waals surface area contributed by atoms with Gasteiger partial charge in [0.25, 0.3) is 5.78 Å². The number of hydrogen-bond acceptors (Lipinski definition) is 10. The Hall–Kier alpha value is -5.16. The Morgan fingerprint density at radius 1 is 0.976 bits per heavy atom. The molecule has 1 amide bonds. The van der Waals surface area contributed by atoms with Crippen molar-refractivity contribution in [2.45, 2.75) is 13.0 Å². The van der Waals surface area contributed by atoms with Gasteiger partial charge in [-0.05, 0) is 55.0 Å². The van der Waals surface area contributed by atoms with Crippen LogP contribution in [0.3, 0.4) is 0 Å². The number of fused-ring (bicyclic) bond motifs is 1. The van der Waals surface area contributed by atoms with Crippen LogP contribution in [0.4, 0.5) is 5.13 Å². The molecule has 4 aromatic rings. The molecule has 212 valence electrons. The first kappa shape index (κ1) is 27.0. The Morgan fingerprint density at radius 3 is 2.48 bits per heavy atom. The van der Waals surface area contributed by atoms with Gasteiger partial charge in [-0.2, -0.15) is 0 Å². The zero-order valence-corrected chi connectivity index (χ0v) is 23.3. The second kappa shape index (κ2) is 11.0. The van der Waals surface area contributed by atoms with Crippen molar-refractivity contribution in [1.82, 2.24) is 4.98 Å². The van der Waals surface area contributed by atoms with Crippen molar-refractivity contribution < 1.29 is 38.4 Å². The Morgan fingerprint density at radius 2 is 1.71 bits per heavy atom. The van der Waals surface area contributed by atoms with Gasteiger partial charge in [-0.1, -0.05) is 41.7 Å². The molecule has 0 saturated carbocycles. The number of hydrogen-bond donors (Lipinski definition) is 1. The van der Waals surface area contributed by atoms with Crippen LogP contribution in [0.2, 0.25) is 0 Å². The zero-order chi connectivity index (χ0) is 29.4. The lowest BCUT2D eigenvalue weighted by atomic mass is 9.95. The van der Waals surface area contributed by atoms with Crippen LogP contribution in [0.5, 0.6) is 23.0 Å². The summed E-state index contributed by atoms with van der Waals surface area (Å²) in [6.45, 7) is 2.34. The maximum Gasteiger partial charge on any atom is 0.350 e. The number of amides is 1. The molecule has 1 atom stereocenters. The average Bonchev–Trinajstić information content (AvgIpc) is 3.52. The smallest absolute Gasteiger partial charge is 0.350 e. The average molecular weight is 585 g/mol. The first-order valence-corrected chi connectivity index (χ1v) is 13.8. The van der Waals surface area contributed by atoms with Crippen molar-refractivity contribution in [2.24, 2.45) is 0 Å². The van der Waals surface area contributed by atoms with Crippen LogP contribution in [-0.4, -0.2) is 48.1 Å². The molecule has 2 aliphatic heterocycles. The highest BCUT2D eigenvalue weighted by atomic mass is 32.1. The molecule has 1 unspecified atom stereocenters. The number of carbonyl (C=O) groups is 3. The number of ketones is 1. The maximum atomic E-state index is 13.6. The number of nitrogens with zero attached hydrogens (tertiary/aromatic N) is 2. The summed E-state index contributed by atoms with van der Waals surface area (Å²) in [6.07, 6.45) is 0. The molecule has 42 heavy (non-hydrogen) atoms. The first-order valence-electron chi connectivity index (χ1n) is 13.0. The van der Waals surface area contributed by atoms with E-state index in [1.54, 1.807) is 61.5 Å². The Balaban J connectivity index is 1.50. The van der Waals surface area contributed by atoms with Crippen LogP contribution < -0.4 is 19.1 Å². The summed E-state index contributed by atoms with van der Waals surface area (Å²) < 4.78 is 22.1. The van der Waals surface area contributed by atoms with Crippen molar-refractivity contribution in [3.63, 3.8) is 0 Å². The monoisotopic (exact) mass is 584 g/mol. The third kappa shape index (κ3) is 4.83. The molecule has 3 heterocycles. The van der Waals surface area contributed by atoms with Crippen LogP contribution in [0.1, 0.15) is 32.5 Å². The molecule has 1 fully saturated rings. The van der Waals surface area contributed by atoms with Gasteiger partial charge in [0.05, 0.1) is 24.4 Å². The van der Waals surface area contributed by atoms with Gasteiger partial charge in [-0.25, -0.2) is 9.78 Å². The molecule has 10 nitrogen and oxygen atoms in total. The summed E-state index contributed by atoms with van der Waals surface area (Å²) in [6, 6.07) is 19.7. The number of ether oxygens (including phenoxy) is 4. The summed E-state index contributed by atoms with van der Waals surface area (Å²) >= 11 is 0.924. The summed E-state index contributed by atoms with van der Waals surface area (Å²) in [5.41, 5.74) is 0.940. The summed E-state index contributed by atoms with van der Waals surface area (Å²) in [5.74, 6) is -0.852. The standard InChI is InChI=1S/C31H24N2O8S/c1-17-28(30(37)38-2)42-31(32-17)33-25(18-7-6-10-21(15-18)41-20-8-4-3-5-9-20)24(27(35)29(33)36)26(34)19-11-12-22-23(16-19)40-14-13-39-22/h3-12,15-16,25,34H,13-14H2,1-2H3. The molecule has 2 aliphatic rings. The third-order valence-electron chi connectivity index (χ3n) is 6.77. The van der Waals surface area contributed by atoms with Gasteiger partial charge in [0.15, 0.2) is 16.6 Å². The SMILES string of the molecule is COC(=O)c1sc(N2C(=O)C(=O)C(=C(O)c3ccc4c(c3)OCCO4)C2c2cccc(Oc3ccccc3)c2)nc1C. The Bertz CT molecular complexity index is 1750. The van der Waals surface area contributed by atoms with Crippen LogP contribution in [0.25, 0.3) is 5.76 Å². The fraction of sp³-hybridized carbons (Fsp3) is 0.161. The van der Waals surface area contributed by atoms with E-state index in [1.807, 2.05) is 18.2 Å². The number of esters is 1. The fourth-order valence-corrected chi connectivity index (χ4v) is 5.84. The molecular formula is C31H24N2O8S. The fourth-order valence-electron chi connectivity index (χ4n) is 4.83. The van der Waals surface area contributed by atoms with Crippen LogP contribution in [-0.2, 0) is 14.3 Å². The van der Waals surface area contributed by atoms with Crippen molar-refractivity contribution in [1.29, 1.82) is 0 Å². The molecule has 0 radical (unpaired) electrons. The molecule has 6 rings (SSSR count). The lowest BCUT2D eigenvalue weighted by Crippen LogP contribution is -2.29. The number of rotatable bonds is 6. The minimum absolute atomic E-state index is 0.107. The number of para-hydroxylation sites is 1. The normalized spacial score (nSPS) is 17.3. The second-order valence-corrected chi connectivity index (χ2v) is 10.4. The van der Waals surface area contributed by atoms with Crippen molar-refractivity contribution in [3.05, 3.63) is 100 Å². The topological polar surface area (TPSA) is 124 Å². The van der Waals surface area contributed by atoms with E-state index in [4.69, 9.17) is 18.9 Å². The molecule has 0 bridgehead atoms. The first-order chi connectivity index (χ1) is 20.4. The number of aryl methyl sites for hydroxylation is 1. The summed E-state index contributed by atoms with van der Waals surface area (Å²) in [7, 11) is 1.25. The van der Waals surface area contributed by atoms with E-state index in [1.165, 1.54) is 12.0 Å². The van der Waals surface area contributed by atoms with E-state index in [2.05, 4.69) is 4.98 Å². The van der Waals surface area contributed by atoms with Gasteiger partial charge < -0.3 is 24.1 Å². The molecule has 1 N–H and O–H groups in total. The van der Waals surface area contributed by atoms with E-state index in [0.717, 1.165) is 11.3 Å². The van der Waals surface area contributed by atoms with Gasteiger partial charge in [0.1, 0.15) is 35.3 Å². The number of aromatic nitrogens is 1. The van der Waals surface area contributed by atoms with E-state index in [-0.39, 0.29) is 21.1 Å². The zero-order valence-electron chi connectivity index (χ0n) is 22.5. The number of thiazole rings is 1. The van der Waals surface area contributed by atoms with E-state index in [9.17, 15) is 19.5 Å². The Kier molecular flexibility index (Phi) is 7.09. The lowest BCUT2D eigenvalue weighted by molar-refractivity contribution is -0.132. The predicted molar refractivity (Wildman–Crippen MR) is 153 cm³/mol. The minimum Gasteiger partial charge on any atom is -0.507 e. The summed E-state index contributed by atoms with van der Waals surface area (Å²) in [5, 5.41) is 11.7. The van der Waals surface area contributed by atoms with Gasteiger partial charge in [-0.15, -0.1) is 0 Å². The van der Waals surface area contributed by atoms with Gasteiger partial charge in [-0.3, -0.25) is 14.5 Å². The van der Waals surface area contributed by atoms with Crippen LogP contribution >= 0.6 is 11.3 Å². The largest absolute Gasteiger partial charge is 0.507 e. The molecular weight excluding hydrogens is 560 g/mol. The van der Waals surface area contributed by atoms with Crippen molar-refractivity contribution >= 4 is 39.9 Å². The van der Waals surface area contributed by atoms with Gasteiger partial charge in [0.2, 0.25) is 0 Å². The van der Waals surface area contributed by atoms with E-state index >= 15 is 0 Å². The van der Waals surface area contributed by atoms with Crippen molar-refractivity contribution in [3.8, 4) is 23.0 Å². The molecule has 3 aromatic carbocycles. The molecule has 1 aromatic heterocycles. The summed E-state index contributed by atoms with van der Waals surface area (Å²) in [4.78, 5) is 45.4. The Labute approximate surface area is 244 Å². The van der Waals surface area contributed by atoms with Crippen LogP contribution in [0.15, 0.2) is 78.4 Å². The third-order valence-corrected chi connectivity index (χ3v) is 7.91. The lowest BCUT2D eigenvalue weighted by Gasteiger charge is -2.24. The van der Waals surface area contributed by atoms with Crippen LogP contribution in [0, 0.1) is 6.92 Å². The number of benzene rings is 3. The number of Topliss-reactive ketones (excluding diaryl/α,β-unsaturated/α-hetero) is 1. The number of aliphatic hydroxyl groups is 1. The minimum atomic E-state index is -1.09. The highest BCUT2D eigenvalue weighted by Gasteiger charge is 2.48. The van der Waals surface area contributed by atoms with E-state index < -0.39 is 29.5 Å². The molecule has 0 aliphatic carbocycles.